The lowest BCUT2D eigenvalue weighted by Crippen LogP contribution is -2.43. The van der Waals surface area contributed by atoms with E-state index in [1.165, 1.54) is 29.7 Å². The summed E-state index contributed by atoms with van der Waals surface area (Å²) in [6.07, 6.45) is 2.22. The number of anilines is 2. The van der Waals surface area contributed by atoms with Crippen molar-refractivity contribution in [2.24, 2.45) is 5.92 Å². The number of likely N-dealkylation sites (tertiary alicyclic amines) is 1. The Labute approximate surface area is 186 Å². The van der Waals surface area contributed by atoms with E-state index in [2.05, 4.69) is 15.0 Å². The summed E-state index contributed by atoms with van der Waals surface area (Å²) >= 11 is 1.19. The standard InChI is InChI=1S/C20H26N4O5S2/c1-20(2,3)29-19(26)24-11-8-14(9-12-24)17(25)22-15-4-6-16(7-5-15)31(27,28)23-18-21-10-13-30-18/h4-7,10,13-14H,8-9,11-12H2,1-3H3,(H2-,21,22,23,25,27,28). The lowest BCUT2D eigenvalue weighted by Gasteiger charge is -2.32. The molecular weight excluding hydrogens is 440 g/mol. The smallest absolute Gasteiger partial charge is 0.410 e. The maximum Gasteiger partial charge on any atom is 0.410 e. The third kappa shape index (κ3) is 6.49. The zero-order valence-electron chi connectivity index (χ0n) is 17.6. The van der Waals surface area contributed by atoms with Gasteiger partial charge < -0.3 is 19.5 Å². The minimum atomic E-state index is -3.74. The van der Waals surface area contributed by atoms with Crippen LogP contribution in [0.4, 0.5) is 15.6 Å². The maximum atomic E-state index is 12.6. The normalized spacial score (nSPS) is 17.0. The van der Waals surface area contributed by atoms with Crippen molar-refractivity contribution in [2.45, 2.75) is 44.1 Å². The van der Waals surface area contributed by atoms with E-state index < -0.39 is 16.0 Å². The van der Waals surface area contributed by atoms with E-state index >= 15 is 0 Å². The molecule has 1 saturated heterocycles. The first-order valence-electron chi connectivity index (χ1n) is 9.85. The van der Waals surface area contributed by atoms with E-state index in [1.807, 2.05) is 20.8 Å². The average molecular weight is 467 g/mol. The van der Waals surface area contributed by atoms with Crippen molar-refractivity contribution in [3.05, 3.63) is 35.8 Å². The summed E-state index contributed by atoms with van der Waals surface area (Å²) < 4.78 is 32.5. The molecule has 1 unspecified atom stereocenters. The first kappa shape index (κ1) is 23.2. The van der Waals surface area contributed by atoms with Crippen LogP contribution in [0.1, 0.15) is 33.6 Å². The van der Waals surface area contributed by atoms with E-state index in [0.29, 0.717) is 31.6 Å². The van der Waals surface area contributed by atoms with Crippen molar-refractivity contribution < 1.29 is 23.1 Å². The van der Waals surface area contributed by atoms with Crippen LogP contribution in [0.15, 0.2) is 40.7 Å². The van der Waals surface area contributed by atoms with E-state index in [4.69, 9.17) is 4.74 Å². The quantitative estimate of drug-likeness (QED) is 0.647. The molecule has 2 N–H and O–H groups in total. The molecule has 0 spiro atoms. The summed E-state index contributed by atoms with van der Waals surface area (Å²) in [6.45, 7) is 6.35. The number of ether oxygens (including phenoxy) is 1. The van der Waals surface area contributed by atoms with E-state index in [1.54, 1.807) is 22.4 Å². The third-order valence-corrected chi connectivity index (χ3v) is 6.78. The van der Waals surface area contributed by atoms with Crippen LogP contribution >= 0.6 is 11.3 Å². The minimum Gasteiger partial charge on any atom is -0.588 e. The molecule has 1 aromatic heterocycles. The van der Waals surface area contributed by atoms with Gasteiger partial charge in [0.2, 0.25) is 11.0 Å². The minimum absolute atomic E-state index is 0.0753. The number of carbonyl (C=O) groups excluding carboxylic acids is 2. The number of hydrogen-bond donors (Lipinski definition) is 2. The fraction of sp³-hybridized carbons (Fsp3) is 0.450. The fourth-order valence-electron chi connectivity index (χ4n) is 3.06. The van der Waals surface area contributed by atoms with Crippen LogP contribution < -0.4 is 10.0 Å². The van der Waals surface area contributed by atoms with Gasteiger partial charge in [-0.1, -0.05) is 4.21 Å². The number of amides is 2. The Hall–Kier alpha value is -2.50. The zero-order chi connectivity index (χ0) is 22.6. The summed E-state index contributed by atoms with van der Waals surface area (Å²) in [5.41, 5.74) is -0.0476. The zero-order valence-corrected chi connectivity index (χ0v) is 19.3. The monoisotopic (exact) mass is 466 g/mol. The Morgan fingerprint density at radius 3 is 2.42 bits per heavy atom. The summed E-state index contributed by atoms with van der Waals surface area (Å²) in [4.78, 5) is 30.3. The van der Waals surface area contributed by atoms with Crippen LogP contribution in [0.2, 0.25) is 0 Å². The molecule has 3 rings (SSSR count). The molecule has 9 nitrogen and oxygen atoms in total. The van der Waals surface area contributed by atoms with E-state index in [0.717, 1.165) is 0 Å². The van der Waals surface area contributed by atoms with Crippen LogP contribution in [-0.4, -0.2) is 45.1 Å². The second kappa shape index (κ2) is 9.33. The molecular formula is C20H26N4O5S2. The first-order chi connectivity index (χ1) is 14.5. The molecule has 31 heavy (non-hydrogen) atoms. The predicted molar refractivity (Wildman–Crippen MR) is 118 cm³/mol. The van der Waals surface area contributed by atoms with Crippen LogP contribution in [0.5, 0.6) is 0 Å². The number of benzene rings is 1. The molecule has 2 amide bonds. The second-order valence-corrected chi connectivity index (χ2v) is 10.8. The number of nitrogens with one attached hydrogen (secondary N) is 2. The molecule has 168 valence electrons. The van der Waals surface area contributed by atoms with Crippen LogP contribution in [0.25, 0.3) is 0 Å². The van der Waals surface area contributed by atoms with Gasteiger partial charge in [0, 0.05) is 36.3 Å². The molecule has 0 aliphatic carbocycles. The van der Waals surface area contributed by atoms with Crippen molar-refractivity contribution in [1.29, 1.82) is 0 Å². The third-order valence-electron chi connectivity index (χ3n) is 4.60. The number of nitrogens with zero attached hydrogens (tertiary/aromatic N) is 2. The van der Waals surface area contributed by atoms with Crippen molar-refractivity contribution in [2.75, 3.05) is 23.1 Å². The van der Waals surface area contributed by atoms with Crippen molar-refractivity contribution in [3.63, 3.8) is 0 Å². The highest BCUT2D eigenvalue weighted by molar-refractivity contribution is 7.99. The van der Waals surface area contributed by atoms with Gasteiger partial charge in [-0.3, -0.25) is 4.79 Å². The highest BCUT2D eigenvalue weighted by Gasteiger charge is 2.30. The van der Waals surface area contributed by atoms with Crippen LogP contribution in [0.3, 0.4) is 0 Å². The lowest BCUT2D eigenvalue weighted by molar-refractivity contribution is -0.121. The Bertz CT molecular complexity index is 949. The second-order valence-electron chi connectivity index (χ2n) is 8.20. The molecule has 0 radical (unpaired) electrons. The van der Waals surface area contributed by atoms with Gasteiger partial charge >= 0.3 is 6.09 Å². The van der Waals surface area contributed by atoms with Gasteiger partial charge in [0.1, 0.15) is 5.60 Å². The van der Waals surface area contributed by atoms with Crippen molar-refractivity contribution >= 4 is 44.6 Å². The van der Waals surface area contributed by atoms with Crippen LogP contribution in [0, 0.1) is 5.92 Å². The molecule has 0 saturated carbocycles. The SMILES string of the molecule is CC(C)(C)OC(=O)N1CCC(C(=O)Nc2ccc([S+](=O)([O-])Nc3nccs3)cc2)CC1. The predicted octanol–water partition coefficient (Wildman–Crippen LogP) is 3.74. The van der Waals surface area contributed by atoms with Gasteiger partial charge in [-0.15, -0.1) is 11.3 Å². The lowest BCUT2D eigenvalue weighted by atomic mass is 9.96. The highest BCUT2D eigenvalue weighted by Crippen LogP contribution is 2.25. The first-order valence-corrected chi connectivity index (χ1v) is 12.2. The van der Waals surface area contributed by atoms with Gasteiger partial charge in [0.05, 0.1) is 0 Å². The van der Waals surface area contributed by atoms with Crippen molar-refractivity contribution in [3.8, 4) is 0 Å². The number of carbonyl (C=O) groups is 2. The molecule has 0 bridgehead atoms. The number of thiazole rings is 1. The van der Waals surface area contributed by atoms with Gasteiger partial charge in [-0.05, 0) is 57.9 Å². The Morgan fingerprint density at radius 2 is 1.87 bits per heavy atom. The largest absolute Gasteiger partial charge is 0.588 e. The van der Waals surface area contributed by atoms with Gasteiger partial charge in [-0.25, -0.2) is 9.78 Å². The molecule has 1 fully saturated rings. The molecule has 1 aliphatic heterocycles. The number of hydrogen-bond acceptors (Lipinski definition) is 7. The summed E-state index contributed by atoms with van der Waals surface area (Å²) in [7, 11) is -3.74. The van der Waals surface area contributed by atoms with Gasteiger partial charge in [0.15, 0.2) is 15.3 Å². The fourth-order valence-corrected chi connectivity index (χ4v) is 4.85. The maximum absolute atomic E-state index is 12.6. The van der Waals surface area contributed by atoms with Gasteiger partial charge in [0.25, 0.3) is 0 Å². The summed E-state index contributed by atoms with van der Waals surface area (Å²) in [5.74, 6) is -0.381. The van der Waals surface area contributed by atoms with Crippen molar-refractivity contribution in [1.82, 2.24) is 9.88 Å². The summed E-state index contributed by atoms with van der Waals surface area (Å²) in [6, 6.07) is 5.95. The van der Waals surface area contributed by atoms with E-state index in [-0.39, 0.29) is 27.9 Å². The molecule has 2 aromatic rings. The number of aromatic nitrogens is 1. The topological polar surface area (TPSA) is 124 Å². The summed E-state index contributed by atoms with van der Waals surface area (Å²) in [5, 5.41) is 4.78. The molecule has 1 aromatic carbocycles. The Kier molecular flexibility index (Phi) is 6.97. The highest BCUT2D eigenvalue weighted by atomic mass is 32.3. The Morgan fingerprint density at radius 1 is 1.23 bits per heavy atom. The molecule has 1 aliphatic rings. The van der Waals surface area contributed by atoms with E-state index in [9.17, 15) is 18.4 Å². The number of sulfonamides is 1. The van der Waals surface area contributed by atoms with Gasteiger partial charge in [-0.2, -0.15) is 4.72 Å². The Balaban J connectivity index is 1.52. The molecule has 11 heteroatoms. The average Bonchev–Trinajstić information content (AvgIpc) is 3.19. The number of piperidine rings is 1. The van der Waals surface area contributed by atoms with Crippen LogP contribution in [-0.2, 0) is 24.1 Å². The molecule has 1 atom stereocenters. The molecule has 2 heterocycles. The number of rotatable bonds is 5.